The number of nitro benzene ring substituents is 1. The van der Waals surface area contributed by atoms with E-state index in [9.17, 15) is 18.5 Å². The number of aromatic amines is 1. The van der Waals surface area contributed by atoms with Gasteiger partial charge in [-0.25, -0.2) is 13.1 Å². The maximum atomic E-state index is 12.9. The summed E-state index contributed by atoms with van der Waals surface area (Å²) < 4.78 is 33.7. The first kappa shape index (κ1) is 21.5. The highest BCUT2D eigenvalue weighted by atomic mass is 32.2. The van der Waals surface area contributed by atoms with Crippen LogP contribution in [0.25, 0.3) is 10.9 Å². The Kier molecular flexibility index (Phi) is 5.93. The summed E-state index contributed by atoms with van der Waals surface area (Å²) in [4.78, 5) is 13.5. The standard InChI is InChI=1S/C23H21N3O5S/c1-31-18-10-6-16(7-11-18)21(22-14-24-23-5-3-2-4-20(22)23)15-25-32(29,30)19-12-8-17(9-13-19)26(27)28/h2-14,21,24-25H,15H2,1H3/t21-/m0/s1. The zero-order valence-electron chi connectivity index (χ0n) is 17.2. The normalized spacial score (nSPS) is 12.5. The molecule has 4 rings (SSSR count). The molecule has 0 bridgehead atoms. The minimum absolute atomic E-state index is 0.0319. The zero-order valence-corrected chi connectivity index (χ0v) is 18.0. The number of non-ortho nitro benzene ring substituents is 1. The molecule has 32 heavy (non-hydrogen) atoms. The van der Waals surface area contributed by atoms with Gasteiger partial charge in [0.15, 0.2) is 0 Å². The highest BCUT2D eigenvalue weighted by Gasteiger charge is 2.22. The second kappa shape index (κ2) is 8.81. The fourth-order valence-electron chi connectivity index (χ4n) is 3.65. The van der Waals surface area contributed by atoms with Crippen LogP contribution < -0.4 is 9.46 Å². The molecule has 8 nitrogen and oxygen atoms in total. The van der Waals surface area contributed by atoms with Crippen molar-refractivity contribution in [2.24, 2.45) is 0 Å². The van der Waals surface area contributed by atoms with Gasteiger partial charge >= 0.3 is 0 Å². The van der Waals surface area contributed by atoms with E-state index in [0.717, 1.165) is 22.0 Å². The van der Waals surface area contributed by atoms with Gasteiger partial charge in [-0.3, -0.25) is 10.1 Å². The Morgan fingerprint density at radius 2 is 1.72 bits per heavy atom. The molecule has 3 aromatic carbocycles. The van der Waals surface area contributed by atoms with Crippen molar-refractivity contribution in [3.63, 3.8) is 0 Å². The molecule has 0 spiro atoms. The van der Waals surface area contributed by atoms with Gasteiger partial charge in [-0.15, -0.1) is 0 Å². The van der Waals surface area contributed by atoms with Gasteiger partial charge in [0.05, 0.1) is 16.9 Å². The summed E-state index contributed by atoms with van der Waals surface area (Å²) >= 11 is 0. The van der Waals surface area contributed by atoms with Gasteiger partial charge in [-0.2, -0.15) is 0 Å². The number of fused-ring (bicyclic) bond motifs is 1. The number of nitrogens with one attached hydrogen (secondary N) is 2. The molecule has 2 N–H and O–H groups in total. The Labute approximate surface area is 185 Å². The van der Waals surface area contributed by atoms with Crippen molar-refractivity contribution in [1.29, 1.82) is 0 Å². The van der Waals surface area contributed by atoms with Crippen LogP contribution in [-0.4, -0.2) is 32.0 Å². The maximum Gasteiger partial charge on any atom is 0.269 e. The van der Waals surface area contributed by atoms with Crippen molar-refractivity contribution in [2.75, 3.05) is 13.7 Å². The topological polar surface area (TPSA) is 114 Å². The van der Waals surface area contributed by atoms with Gasteiger partial charge in [-0.05, 0) is 41.5 Å². The number of benzene rings is 3. The lowest BCUT2D eigenvalue weighted by Gasteiger charge is -2.19. The Hall–Kier alpha value is -3.69. The number of H-pyrrole nitrogens is 1. The number of methoxy groups -OCH3 is 1. The van der Waals surface area contributed by atoms with Crippen molar-refractivity contribution >= 4 is 26.6 Å². The third-order valence-electron chi connectivity index (χ3n) is 5.35. The third kappa shape index (κ3) is 4.34. The van der Waals surface area contributed by atoms with Gasteiger partial charge in [0, 0.05) is 41.7 Å². The van der Waals surface area contributed by atoms with Crippen molar-refractivity contribution < 1.29 is 18.1 Å². The first-order chi connectivity index (χ1) is 15.4. The second-order valence-corrected chi connectivity index (χ2v) is 8.99. The summed E-state index contributed by atoms with van der Waals surface area (Å²) in [6, 6.07) is 20.1. The molecule has 1 heterocycles. The molecule has 0 amide bonds. The summed E-state index contributed by atoms with van der Waals surface area (Å²) in [6.45, 7) is 0.105. The first-order valence-corrected chi connectivity index (χ1v) is 11.3. The molecule has 1 aromatic heterocycles. The predicted octanol–water partition coefficient (Wildman–Crippen LogP) is 4.20. The summed E-state index contributed by atoms with van der Waals surface area (Å²) in [5.74, 6) is 0.433. The largest absolute Gasteiger partial charge is 0.497 e. The maximum absolute atomic E-state index is 12.9. The Morgan fingerprint density at radius 1 is 1.03 bits per heavy atom. The summed E-state index contributed by atoms with van der Waals surface area (Å²) in [6.07, 6.45) is 1.89. The van der Waals surface area contributed by atoms with Crippen LogP contribution in [0, 0.1) is 10.1 Å². The minimum atomic E-state index is -3.87. The number of ether oxygens (including phenoxy) is 1. The number of hydrogen-bond acceptors (Lipinski definition) is 5. The molecule has 0 unspecified atom stereocenters. The number of sulfonamides is 1. The fourth-order valence-corrected chi connectivity index (χ4v) is 4.70. The molecule has 0 fully saturated rings. The van der Waals surface area contributed by atoms with Crippen LogP contribution in [0.3, 0.4) is 0 Å². The van der Waals surface area contributed by atoms with Crippen LogP contribution >= 0.6 is 0 Å². The molecule has 0 radical (unpaired) electrons. The molecule has 0 aliphatic rings. The van der Waals surface area contributed by atoms with E-state index >= 15 is 0 Å². The van der Waals surface area contributed by atoms with Crippen molar-refractivity contribution in [2.45, 2.75) is 10.8 Å². The molecular weight excluding hydrogens is 430 g/mol. The number of nitrogens with zero attached hydrogens (tertiary/aromatic N) is 1. The average molecular weight is 452 g/mol. The molecule has 164 valence electrons. The molecular formula is C23H21N3O5S. The highest BCUT2D eigenvalue weighted by Crippen LogP contribution is 2.32. The number of rotatable bonds is 8. The fraction of sp³-hybridized carbons (Fsp3) is 0.130. The van der Waals surface area contributed by atoms with Gasteiger partial charge in [0.25, 0.3) is 5.69 Å². The van der Waals surface area contributed by atoms with Crippen LogP contribution in [-0.2, 0) is 10.0 Å². The molecule has 0 saturated heterocycles. The number of hydrogen-bond donors (Lipinski definition) is 2. The van der Waals surface area contributed by atoms with Crippen LogP contribution in [0.5, 0.6) is 5.75 Å². The lowest BCUT2D eigenvalue weighted by molar-refractivity contribution is -0.384. The third-order valence-corrected chi connectivity index (χ3v) is 6.79. The molecule has 9 heteroatoms. The number of aromatic nitrogens is 1. The van der Waals surface area contributed by atoms with E-state index in [1.165, 1.54) is 24.3 Å². The first-order valence-electron chi connectivity index (χ1n) is 9.83. The predicted molar refractivity (Wildman–Crippen MR) is 121 cm³/mol. The average Bonchev–Trinajstić information content (AvgIpc) is 3.23. The van der Waals surface area contributed by atoms with E-state index in [0.29, 0.717) is 5.75 Å². The van der Waals surface area contributed by atoms with Crippen LogP contribution in [0.1, 0.15) is 17.0 Å². The van der Waals surface area contributed by atoms with Gasteiger partial charge < -0.3 is 9.72 Å². The number of nitro groups is 1. The van der Waals surface area contributed by atoms with Crippen LogP contribution in [0.15, 0.2) is 83.9 Å². The molecule has 0 aliphatic carbocycles. The van der Waals surface area contributed by atoms with E-state index < -0.39 is 14.9 Å². The number of para-hydroxylation sites is 1. The quantitative estimate of drug-likeness (QED) is 0.308. The van der Waals surface area contributed by atoms with Crippen molar-refractivity contribution in [1.82, 2.24) is 9.71 Å². The smallest absolute Gasteiger partial charge is 0.269 e. The summed E-state index contributed by atoms with van der Waals surface area (Å²) in [5, 5.41) is 11.8. The second-order valence-electron chi connectivity index (χ2n) is 7.22. The Balaban J connectivity index is 1.66. The van der Waals surface area contributed by atoms with Crippen LogP contribution in [0.2, 0.25) is 0 Å². The monoisotopic (exact) mass is 451 g/mol. The van der Waals surface area contributed by atoms with Gasteiger partial charge in [-0.1, -0.05) is 30.3 Å². The van der Waals surface area contributed by atoms with E-state index in [1.54, 1.807) is 7.11 Å². The lowest BCUT2D eigenvalue weighted by Crippen LogP contribution is -2.29. The van der Waals surface area contributed by atoms with E-state index in [4.69, 9.17) is 4.74 Å². The molecule has 1 atom stereocenters. The van der Waals surface area contributed by atoms with Gasteiger partial charge in [0.2, 0.25) is 10.0 Å². The lowest BCUT2D eigenvalue weighted by atomic mass is 9.91. The Morgan fingerprint density at radius 3 is 2.38 bits per heavy atom. The van der Waals surface area contributed by atoms with Crippen molar-refractivity contribution in [3.05, 3.63) is 100 Å². The van der Waals surface area contributed by atoms with E-state index in [1.807, 2.05) is 54.7 Å². The highest BCUT2D eigenvalue weighted by molar-refractivity contribution is 7.89. The molecule has 0 aliphatic heterocycles. The minimum Gasteiger partial charge on any atom is -0.497 e. The SMILES string of the molecule is COc1ccc([C@H](CNS(=O)(=O)c2ccc([N+](=O)[O-])cc2)c2c[nH]c3ccccc23)cc1. The summed E-state index contributed by atoms with van der Waals surface area (Å²) in [5.41, 5.74) is 2.66. The van der Waals surface area contributed by atoms with Crippen molar-refractivity contribution in [3.8, 4) is 5.75 Å². The molecule has 4 aromatic rings. The van der Waals surface area contributed by atoms with E-state index in [-0.39, 0.29) is 23.0 Å². The zero-order chi connectivity index (χ0) is 22.7. The van der Waals surface area contributed by atoms with Gasteiger partial charge in [0.1, 0.15) is 5.75 Å². The summed E-state index contributed by atoms with van der Waals surface area (Å²) in [7, 11) is -2.28. The molecule has 0 saturated carbocycles. The van der Waals surface area contributed by atoms with Crippen LogP contribution in [0.4, 0.5) is 5.69 Å². The van der Waals surface area contributed by atoms with E-state index in [2.05, 4.69) is 9.71 Å². The Bertz CT molecular complexity index is 1350.